The summed E-state index contributed by atoms with van der Waals surface area (Å²) < 4.78 is 2.13. The first-order chi connectivity index (χ1) is 18.0. The van der Waals surface area contributed by atoms with Crippen molar-refractivity contribution in [3.05, 3.63) is 65.7 Å². The topological polar surface area (TPSA) is 111 Å². The standard InChI is InChI=1S/C29H38N8/c1-20(2)7-17-27-31-28(18-12-21-10-15-24(30)16-11-21)37(34-27)19-22-8-13-23(14-9-22)25-5-3-4-6-26(25)29-32-35-36-33-29/h3-6,8-9,13-14,20-21,24H,7,10-12,15-19,30H2,1-2H3,(H,32,33,35,36). The lowest BCUT2D eigenvalue weighted by atomic mass is 9.84. The van der Waals surface area contributed by atoms with Gasteiger partial charge in [-0.05, 0) is 72.3 Å². The van der Waals surface area contributed by atoms with Crippen LogP contribution in [0, 0.1) is 11.8 Å². The number of nitrogens with two attached hydrogens (primary N) is 1. The first-order valence-corrected chi connectivity index (χ1v) is 13.7. The highest BCUT2D eigenvalue weighted by Crippen LogP contribution is 2.30. The fourth-order valence-electron chi connectivity index (χ4n) is 5.24. The summed E-state index contributed by atoms with van der Waals surface area (Å²) in [5.74, 6) is 4.08. The Morgan fingerprint density at radius 2 is 1.73 bits per heavy atom. The molecule has 1 saturated carbocycles. The molecule has 0 atom stereocenters. The van der Waals surface area contributed by atoms with E-state index in [0.717, 1.165) is 72.9 Å². The average Bonchev–Trinajstić information content (AvgIpc) is 3.58. The number of nitrogens with one attached hydrogen (secondary N) is 1. The molecular formula is C29H38N8. The molecule has 5 rings (SSSR count). The zero-order chi connectivity index (χ0) is 25.6. The van der Waals surface area contributed by atoms with E-state index in [0.29, 0.717) is 17.8 Å². The zero-order valence-electron chi connectivity index (χ0n) is 22.0. The van der Waals surface area contributed by atoms with E-state index in [2.05, 4.69) is 69.5 Å². The highest BCUT2D eigenvalue weighted by atomic mass is 15.5. The lowest BCUT2D eigenvalue weighted by molar-refractivity contribution is 0.308. The maximum absolute atomic E-state index is 6.12. The Labute approximate surface area is 219 Å². The molecule has 2 aromatic carbocycles. The van der Waals surface area contributed by atoms with E-state index in [1.807, 2.05) is 18.2 Å². The van der Waals surface area contributed by atoms with Crippen LogP contribution in [-0.2, 0) is 19.4 Å². The number of H-pyrrole nitrogens is 1. The van der Waals surface area contributed by atoms with Gasteiger partial charge in [-0.1, -0.05) is 62.4 Å². The Hall–Kier alpha value is -3.39. The molecule has 0 saturated heterocycles. The van der Waals surface area contributed by atoms with Gasteiger partial charge >= 0.3 is 0 Å². The van der Waals surface area contributed by atoms with E-state index in [9.17, 15) is 0 Å². The van der Waals surface area contributed by atoms with Crippen LogP contribution < -0.4 is 5.73 Å². The molecule has 0 aliphatic heterocycles. The molecular weight excluding hydrogens is 460 g/mol. The van der Waals surface area contributed by atoms with Crippen LogP contribution in [0.4, 0.5) is 0 Å². The highest BCUT2D eigenvalue weighted by Gasteiger charge is 2.20. The average molecular weight is 499 g/mol. The van der Waals surface area contributed by atoms with Crippen molar-refractivity contribution < 1.29 is 0 Å². The fraction of sp³-hybridized carbons (Fsp3) is 0.483. The van der Waals surface area contributed by atoms with Crippen LogP contribution >= 0.6 is 0 Å². The summed E-state index contributed by atoms with van der Waals surface area (Å²) in [6, 6.07) is 17.2. The molecule has 2 aromatic heterocycles. The summed E-state index contributed by atoms with van der Waals surface area (Å²) >= 11 is 0. The quantitative estimate of drug-likeness (QED) is 0.310. The molecule has 4 aromatic rings. The second kappa shape index (κ2) is 11.8. The summed E-state index contributed by atoms with van der Waals surface area (Å²) in [6.07, 6.45) is 8.97. The Kier molecular flexibility index (Phi) is 8.04. The van der Waals surface area contributed by atoms with Gasteiger partial charge in [-0.2, -0.15) is 10.3 Å². The molecule has 8 nitrogen and oxygen atoms in total. The largest absolute Gasteiger partial charge is 0.328 e. The van der Waals surface area contributed by atoms with Gasteiger partial charge in [0.1, 0.15) is 5.82 Å². The third-order valence-electron chi connectivity index (χ3n) is 7.52. The first kappa shape index (κ1) is 25.3. The van der Waals surface area contributed by atoms with E-state index in [-0.39, 0.29) is 0 Å². The minimum atomic E-state index is 0.393. The van der Waals surface area contributed by atoms with Crippen molar-refractivity contribution in [1.29, 1.82) is 0 Å². The van der Waals surface area contributed by atoms with Gasteiger partial charge < -0.3 is 5.73 Å². The van der Waals surface area contributed by atoms with Gasteiger partial charge in [-0.3, -0.25) is 0 Å². The number of tetrazole rings is 1. The number of aromatic nitrogens is 7. The van der Waals surface area contributed by atoms with Gasteiger partial charge in [-0.25, -0.2) is 9.67 Å². The summed E-state index contributed by atoms with van der Waals surface area (Å²) in [5, 5.41) is 19.5. The van der Waals surface area contributed by atoms with Crippen molar-refractivity contribution in [3.63, 3.8) is 0 Å². The Morgan fingerprint density at radius 1 is 0.973 bits per heavy atom. The molecule has 1 fully saturated rings. The van der Waals surface area contributed by atoms with Gasteiger partial charge in [0.2, 0.25) is 5.82 Å². The Bertz CT molecular complexity index is 1250. The molecule has 0 bridgehead atoms. The number of nitrogens with zero attached hydrogens (tertiary/aromatic N) is 6. The van der Waals surface area contributed by atoms with Gasteiger partial charge in [0.25, 0.3) is 0 Å². The minimum absolute atomic E-state index is 0.393. The summed E-state index contributed by atoms with van der Waals surface area (Å²) in [5.41, 5.74) is 10.5. The van der Waals surface area contributed by atoms with Crippen molar-refractivity contribution in [3.8, 4) is 22.5 Å². The van der Waals surface area contributed by atoms with E-state index in [1.165, 1.54) is 24.8 Å². The van der Waals surface area contributed by atoms with Crippen LogP contribution in [0.1, 0.15) is 69.6 Å². The van der Waals surface area contributed by atoms with Crippen LogP contribution in [0.25, 0.3) is 22.5 Å². The van der Waals surface area contributed by atoms with Crippen molar-refractivity contribution in [1.82, 2.24) is 35.4 Å². The van der Waals surface area contributed by atoms with Crippen molar-refractivity contribution in [2.75, 3.05) is 0 Å². The van der Waals surface area contributed by atoms with Crippen LogP contribution in [0.5, 0.6) is 0 Å². The third kappa shape index (κ3) is 6.49. The van der Waals surface area contributed by atoms with Crippen molar-refractivity contribution in [2.45, 2.75) is 77.8 Å². The SMILES string of the molecule is CC(C)CCc1nc(CCC2CCC(N)CC2)n(Cc2ccc(-c3ccccc3-c3nn[nH]n3)cc2)n1. The molecule has 2 heterocycles. The summed E-state index contributed by atoms with van der Waals surface area (Å²) in [6.45, 7) is 5.24. The third-order valence-corrected chi connectivity index (χ3v) is 7.52. The number of hydrogen-bond donors (Lipinski definition) is 2. The molecule has 0 spiro atoms. The normalized spacial score (nSPS) is 17.9. The zero-order valence-corrected chi connectivity index (χ0v) is 22.0. The number of rotatable bonds is 10. The predicted octanol–water partition coefficient (Wildman–Crippen LogP) is 5.21. The molecule has 194 valence electrons. The lowest BCUT2D eigenvalue weighted by Gasteiger charge is -2.25. The predicted molar refractivity (Wildman–Crippen MR) is 146 cm³/mol. The monoisotopic (exact) mass is 498 g/mol. The molecule has 0 radical (unpaired) electrons. The summed E-state index contributed by atoms with van der Waals surface area (Å²) in [4.78, 5) is 4.99. The number of benzene rings is 2. The number of hydrogen-bond acceptors (Lipinski definition) is 6. The van der Waals surface area contributed by atoms with Gasteiger partial charge in [0.05, 0.1) is 6.54 Å². The lowest BCUT2D eigenvalue weighted by Crippen LogP contribution is -2.26. The molecule has 37 heavy (non-hydrogen) atoms. The fourth-order valence-corrected chi connectivity index (χ4v) is 5.24. The summed E-state index contributed by atoms with van der Waals surface area (Å²) in [7, 11) is 0. The first-order valence-electron chi connectivity index (χ1n) is 13.7. The minimum Gasteiger partial charge on any atom is -0.328 e. The second-order valence-corrected chi connectivity index (χ2v) is 10.8. The molecule has 0 amide bonds. The van der Waals surface area contributed by atoms with E-state index in [4.69, 9.17) is 15.8 Å². The highest BCUT2D eigenvalue weighted by molar-refractivity contribution is 5.80. The molecule has 8 heteroatoms. The van der Waals surface area contributed by atoms with Gasteiger partial charge in [-0.15, -0.1) is 10.2 Å². The maximum atomic E-state index is 6.12. The number of aryl methyl sites for hydroxylation is 2. The number of aromatic amines is 1. The maximum Gasteiger partial charge on any atom is 0.205 e. The van der Waals surface area contributed by atoms with E-state index in [1.54, 1.807) is 0 Å². The molecule has 1 aliphatic rings. The smallest absolute Gasteiger partial charge is 0.205 e. The van der Waals surface area contributed by atoms with Crippen LogP contribution in [0.15, 0.2) is 48.5 Å². The molecule has 3 N–H and O–H groups in total. The van der Waals surface area contributed by atoms with Crippen LogP contribution in [0.2, 0.25) is 0 Å². The Balaban J connectivity index is 1.32. The van der Waals surface area contributed by atoms with Crippen molar-refractivity contribution in [2.24, 2.45) is 17.6 Å². The van der Waals surface area contributed by atoms with E-state index >= 15 is 0 Å². The van der Waals surface area contributed by atoms with Gasteiger partial charge in [0, 0.05) is 24.4 Å². The van der Waals surface area contributed by atoms with Crippen LogP contribution in [0.3, 0.4) is 0 Å². The second-order valence-electron chi connectivity index (χ2n) is 10.8. The van der Waals surface area contributed by atoms with Crippen molar-refractivity contribution >= 4 is 0 Å². The Morgan fingerprint density at radius 3 is 2.43 bits per heavy atom. The van der Waals surface area contributed by atoms with Crippen LogP contribution in [-0.4, -0.2) is 41.4 Å². The molecule has 1 aliphatic carbocycles. The van der Waals surface area contributed by atoms with Gasteiger partial charge in [0.15, 0.2) is 5.82 Å². The van der Waals surface area contributed by atoms with E-state index < -0.39 is 0 Å². The molecule has 0 unspecified atom stereocenters.